The van der Waals surface area contributed by atoms with Gasteiger partial charge in [-0.2, -0.15) is 0 Å². The van der Waals surface area contributed by atoms with Gasteiger partial charge in [0.2, 0.25) is 0 Å². The van der Waals surface area contributed by atoms with Gasteiger partial charge in [-0.25, -0.2) is 4.79 Å². The smallest absolute Gasteiger partial charge is 0.338 e. The van der Waals surface area contributed by atoms with E-state index < -0.39 is 17.8 Å². The molecule has 8 nitrogen and oxygen atoms in total. The lowest BCUT2D eigenvalue weighted by Gasteiger charge is -2.12. The van der Waals surface area contributed by atoms with Gasteiger partial charge in [0.1, 0.15) is 5.75 Å². The second kappa shape index (κ2) is 11.9. The van der Waals surface area contributed by atoms with Gasteiger partial charge >= 0.3 is 5.97 Å². The maximum absolute atomic E-state index is 12.1. The van der Waals surface area contributed by atoms with Crippen LogP contribution in [-0.2, 0) is 9.53 Å². The molecule has 30 heavy (non-hydrogen) atoms. The third-order valence-corrected chi connectivity index (χ3v) is 4.45. The molecule has 2 aromatic rings. The van der Waals surface area contributed by atoms with Crippen molar-refractivity contribution >= 4 is 51.0 Å². The number of rotatable bonds is 7. The predicted molar refractivity (Wildman–Crippen MR) is 118 cm³/mol. The Morgan fingerprint density at radius 2 is 1.73 bits per heavy atom. The summed E-state index contributed by atoms with van der Waals surface area (Å²) < 4.78 is 11.0. The standard InChI is InChI=1S/C20H20BrN3O5S/c1-2-11-28-19(27)13-7-9-14(10-8-13)29-12-17(25)23-24-20(30)22-18(26)15-5-3-4-6-16(15)21/h3-10H,2,11-12H2,1H3,(H,23,25)(H2,22,24,26,30). The van der Waals surface area contributed by atoms with Crippen molar-refractivity contribution in [2.24, 2.45) is 0 Å². The van der Waals surface area contributed by atoms with Gasteiger partial charge < -0.3 is 9.47 Å². The number of benzene rings is 2. The quantitative estimate of drug-likeness (QED) is 0.309. The van der Waals surface area contributed by atoms with Crippen LogP contribution in [0.3, 0.4) is 0 Å². The van der Waals surface area contributed by atoms with E-state index in [-0.39, 0.29) is 11.7 Å². The van der Waals surface area contributed by atoms with E-state index in [1.807, 2.05) is 6.92 Å². The van der Waals surface area contributed by atoms with Crippen LogP contribution in [-0.4, -0.2) is 36.1 Å². The number of carbonyl (C=O) groups excluding carboxylic acids is 3. The maximum Gasteiger partial charge on any atom is 0.338 e. The predicted octanol–water partition coefficient (Wildman–Crippen LogP) is 2.73. The van der Waals surface area contributed by atoms with Crippen LogP contribution in [0.4, 0.5) is 0 Å². The molecule has 0 atom stereocenters. The summed E-state index contributed by atoms with van der Waals surface area (Å²) in [7, 11) is 0. The Hall–Kier alpha value is -2.98. The number of hydrogen-bond acceptors (Lipinski definition) is 6. The molecule has 0 saturated heterocycles. The normalized spacial score (nSPS) is 9.93. The molecule has 2 aromatic carbocycles. The van der Waals surface area contributed by atoms with Crippen LogP contribution in [0, 0.1) is 0 Å². The summed E-state index contributed by atoms with van der Waals surface area (Å²) in [4.78, 5) is 35.7. The fraction of sp³-hybridized carbons (Fsp3) is 0.200. The Kier molecular flexibility index (Phi) is 9.23. The van der Waals surface area contributed by atoms with E-state index in [0.717, 1.165) is 6.42 Å². The molecule has 0 fully saturated rings. The number of halogens is 1. The van der Waals surface area contributed by atoms with E-state index in [1.165, 1.54) is 0 Å². The minimum atomic E-state index is -0.515. The molecule has 158 valence electrons. The topological polar surface area (TPSA) is 106 Å². The van der Waals surface area contributed by atoms with Crippen LogP contribution in [0.15, 0.2) is 53.0 Å². The van der Waals surface area contributed by atoms with Crippen LogP contribution >= 0.6 is 28.1 Å². The first-order valence-corrected chi connectivity index (χ1v) is 10.2. The Labute approximate surface area is 187 Å². The third kappa shape index (κ3) is 7.45. The zero-order chi connectivity index (χ0) is 21.9. The molecule has 0 aliphatic carbocycles. The third-order valence-electron chi connectivity index (χ3n) is 3.56. The van der Waals surface area contributed by atoms with Crippen molar-refractivity contribution in [1.82, 2.24) is 16.2 Å². The maximum atomic E-state index is 12.1. The van der Waals surface area contributed by atoms with Crippen LogP contribution < -0.4 is 20.9 Å². The van der Waals surface area contributed by atoms with Gasteiger partial charge in [0.15, 0.2) is 11.7 Å². The zero-order valence-corrected chi connectivity index (χ0v) is 18.5. The Bertz CT molecular complexity index is 921. The lowest BCUT2D eigenvalue weighted by atomic mass is 10.2. The van der Waals surface area contributed by atoms with E-state index in [4.69, 9.17) is 21.7 Å². The van der Waals surface area contributed by atoms with E-state index in [2.05, 4.69) is 32.1 Å². The summed E-state index contributed by atoms with van der Waals surface area (Å²) in [6, 6.07) is 13.1. The molecule has 0 radical (unpaired) electrons. The number of nitrogens with one attached hydrogen (secondary N) is 3. The lowest BCUT2D eigenvalue weighted by molar-refractivity contribution is -0.123. The van der Waals surface area contributed by atoms with Gasteiger partial charge in [0.05, 0.1) is 17.7 Å². The first kappa shape index (κ1) is 23.3. The molecule has 0 saturated carbocycles. The average Bonchev–Trinajstić information content (AvgIpc) is 2.75. The van der Waals surface area contributed by atoms with Gasteiger partial charge in [0.25, 0.3) is 11.8 Å². The van der Waals surface area contributed by atoms with Gasteiger partial charge in [0, 0.05) is 4.47 Å². The number of thiocarbonyl (C=S) groups is 1. The molecule has 0 bridgehead atoms. The molecule has 0 heterocycles. The second-order valence-electron chi connectivity index (χ2n) is 5.89. The molecule has 0 spiro atoms. The molecule has 2 rings (SSSR count). The summed E-state index contributed by atoms with van der Waals surface area (Å²) in [5, 5.41) is 2.38. The van der Waals surface area contributed by atoms with Gasteiger partial charge in [-0.15, -0.1) is 0 Å². The van der Waals surface area contributed by atoms with Gasteiger partial charge in [-0.05, 0) is 71.0 Å². The minimum Gasteiger partial charge on any atom is -0.484 e. The van der Waals surface area contributed by atoms with Crippen LogP contribution in [0.5, 0.6) is 5.75 Å². The Morgan fingerprint density at radius 1 is 1.03 bits per heavy atom. The number of hydrogen-bond donors (Lipinski definition) is 3. The monoisotopic (exact) mass is 493 g/mol. The van der Waals surface area contributed by atoms with Crippen molar-refractivity contribution in [3.63, 3.8) is 0 Å². The molecular formula is C20H20BrN3O5S. The fourth-order valence-corrected chi connectivity index (χ4v) is 2.73. The van der Waals surface area contributed by atoms with Gasteiger partial charge in [-0.3, -0.25) is 25.8 Å². The van der Waals surface area contributed by atoms with Crippen molar-refractivity contribution in [2.75, 3.05) is 13.2 Å². The highest BCUT2D eigenvalue weighted by Gasteiger charge is 2.12. The minimum absolute atomic E-state index is 0.0703. The molecular weight excluding hydrogens is 474 g/mol. The Balaban J connectivity index is 1.73. The highest BCUT2D eigenvalue weighted by Crippen LogP contribution is 2.15. The number of esters is 1. The second-order valence-corrected chi connectivity index (χ2v) is 7.15. The highest BCUT2D eigenvalue weighted by atomic mass is 79.9. The van der Waals surface area contributed by atoms with Crippen molar-refractivity contribution in [1.29, 1.82) is 0 Å². The molecule has 10 heteroatoms. The van der Waals surface area contributed by atoms with E-state index in [9.17, 15) is 14.4 Å². The Morgan fingerprint density at radius 3 is 2.40 bits per heavy atom. The largest absolute Gasteiger partial charge is 0.484 e. The SMILES string of the molecule is CCCOC(=O)c1ccc(OCC(=O)NNC(=S)NC(=O)c2ccccc2Br)cc1. The fourth-order valence-electron chi connectivity index (χ4n) is 2.12. The molecule has 3 N–H and O–H groups in total. The zero-order valence-electron chi connectivity index (χ0n) is 16.1. The average molecular weight is 494 g/mol. The van der Waals surface area contributed by atoms with Crippen molar-refractivity contribution in [2.45, 2.75) is 13.3 Å². The number of hydrazine groups is 1. The van der Waals surface area contributed by atoms with E-state index in [0.29, 0.717) is 28.0 Å². The molecule has 0 unspecified atom stereocenters. The molecule has 0 aromatic heterocycles. The summed E-state index contributed by atoms with van der Waals surface area (Å²) in [5.74, 6) is -0.951. The number of ether oxygens (including phenoxy) is 2. The van der Waals surface area contributed by atoms with Crippen LogP contribution in [0.2, 0.25) is 0 Å². The molecule has 2 amide bonds. The first-order valence-electron chi connectivity index (χ1n) is 8.95. The van der Waals surface area contributed by atoms with Crippen molar-refractivity contribution in [3.05, 3.63) is 64.1 Å². The first-order chi connectivity index (χ1) is 14.4. The van der Waals surface area contributed by atoms with E-state index >= 15 is 0 Å². The van der Waals surface area contributed by atoms with Crippen molar-refractivity contribution in [3.8, 4) is 5.75 Å². The molecule has 0 aliphatic rings. The van der Waals surface area contributed by atoms with Gasteiger partial charge in [-0.1, -0.05) is 19.1 Å². The van der Waals surface area contributed by atoms with Crippen LogP contribution in [0.25, 0.3) is 0 Å². The summed E-state index contributed by atoms with van der Waals surface area (Å²) in [6.45, 7) is 1.97. The highest BCUT2D eigenvalue weighted by molar-refractivity contribution is 9.10. The van der Waals surface area contributed by atoms with Crippen LogP contribution in [0.1, 0.15) is 34.1 Å². The summed E-state index contributed by atoms with van der Waals surface area (Å²) in [5.41, 5.74) is 5.54. The summed E-state index contributed by atoms with van der Waals surface area (Å²) >= 11 is 8.26. The molecule has 0 aliphatic heterocycles. The summed E-state index contributed by atoms with van der Waals surface area (Å²) in [6.07, 6.45) is 0.743. The lowest BCUT2D eigenvalue weighted by Crippen LogP contribution is -2.49. The van der Waals surface area contributed by atoms with Crippen molar-refractivity contribution < 1.29 is 23.9 Å². The number of amides is 2. The van der Waals surface area contributed by atoms with E-state index in [1.54, 1.807) is 48.5 Å². The number of carbonyl (C=O) groups is 3.